The Labute approximate surface area is 140 Å². The van der Waals surface area contributed by atoms with Crippen LogP contribution in [-0.4, -0.2) is 21.9 Å². The Kier molecular flexibility index (Phi) is 5.20. The summed E-state index contributed by atoms with van der Waals surface area (Å²) in [5.41, 5.74) is 0.862. The van der Waals surface area contributed by atoms with Gasteiger partial charge in [0.15, 0.2) is 0 Å². The van der Waals surface area contributed by atoms with Crippen LogP contribution in [0.25, 0.3) is 10.6 Å². The highest BCUT2D eigenvalue weighted by atomic mass is 32.2. The van der Waals surface area contributed by atoms with Gasteiger partial charge in [0.25, 0.3) is 0 Å². The van der Waals surface area contributed by atoms with Crippen LogP contribution in [0.4, 0.5) is 0 Å². The number of nitrogens with one attached hydrogen (secondary N) is 1. The minimum Gasteiger partial charge on any atom is -0.350 e. The Hall–Kier alpha value is -1.70. The van der Waals surface area contributed by atoms with E-state index in [1.165, 1.54) is 11.8 Å². The largest absolute Gasteiger partial charge is 0.350 e. The van der Waals surface area contributed by atoms with E-state index in [1.807, 2.05) is 47.2 Å². The molecule has 0 saturated heterocycles. The van der Waals surface area contributed by atoms with Gasteiger partial charge in [0.2, 0.25) is 5.91 Å². The molecule has 4 nitrogen and oxygen atoms in total. The molecule has 3 rings (SSSR count). The smallest absolute Gasteiger partial charge is 0.230 e. The van der Waals surface area contributed by atoms with Crippen LogP contribution in [-0.2, 0) is 11.3 Å². The van der Waals surface area contributed by atoms with Crippen LogP contribution in [0.2, 0.25) is 0 Å². The Bertz CT molecular complexity index is 709. The fourth-order valence-corrected chi connectivity index (χ4v) is 3.72. The molecule has 0 aliphatic rings. The van der Waals surface area contributed by atoms with Gasteiger partial charge < -0.3 is 5.32 Å². The fraction of sp³-hybridized carbons (Fsp3) is 0.133. The van der Waals surface area contributed by atoms with Crippen LogP contribution in [0, 0.1) is 0 Å². The molecule has 0 bridgehead atoms. The maximum atomic E-state index is 11.8. The third kappa shape index (κ3) is 4.16. The second-order valence-electron chi connectivity index (χ2n) is 4.38. The SMILES string of the molecule is O=C(CSc1ccc(-c2cccs2)nn1)NCc1cccs1. The van der Waals surface area contributed by atoms with Crippen LogP contribution in [0.15, 0.2) is 52.2 Å². The summed E-state index contributed by atoms with van der Waals surface area (Å²) in [7, 11) is 0. The lowest BCUT2D eigenvalue weighted by atomic mass is 10.3. The molecule has 0 aromatic carbocycles. The predicted octanol–water partition coefficient (Wildman–Crippen LogP) is 3.68. The van der Waals surface area contributed by atoms with Crippen molar-refractivity contribution in [2.24, 2.45) is 0 Å². The summed E-state index contributed by atoms with van der Waals surface area (Å²) in [6.45, 7) is 0.583. The van der Waals surface area contributed by atoms with Gasteiger partial charge in [0.1, 0.15) is 10.7 Å². The molecule has 0 unspecified atom stereocenters. The molecule has 3 aromatic rings. The van der Waals surface area contributed by atoms with Crippen LogP contribution >= 0.6 is 34.4 Å². The third-order valence-corrected chi connectivity index (χ3v) is 5.49. The summed E-state index contributed by atoms with van der Waals surface area (Å²) < 4.78 is 0. The van der Waals surface area contributed by atoms with E-state index in [0.717, 1.165) is 20.5 Å². The highest BCUT2D eigenvalue weighted by Crippen LogP contribution is 2.23. The van der Waals surface area contributed by atoms with Gasteiger partial charge in [-0.15, -0.1) is 32.9 Å². The van der Waals surface area contributed by atoms with E-state index in [4.69, 9.17) is 0 Å². The van der Waals surface area contributed by atoms with Crippen molar-refractivity contribution in [1.29, 1.82) is 0 Å². The summed E-state index contributed by atoms with van der Waals surface area (Å²) in [6, 6.07) is 11.8. The van der Waals surface area contributed by atoms with Crippen molar-refractivity contribution in [3.05, 3.63) is 52.0 Å². The predicted molar refractivity (Wildman–Crippen MR) is 92.2 cm³/mol. The first-order chi connectivity index (χ1) is 10.8. The minimum absolute atomic E-state index is 0.00235. The second kappa shape index (κ2) is 7.53. The topological polar surface area (TPSA) is 54.9 Å². The van der Waals surface area contributed by atoms with E-state index < -0.39 is 0 Å². The Morgan fingerprint density at radius 3 is 2.64 bits per heavy atom. The zero-order chi connectivity index (χ0) is 15.2. The lowest BCUT2D eigenvalue weighted by Crippen LogP contribution is -2.24. The maximum Gasteiger partial charge on any atom is 0.230 e. The summed E-state index contributed by atoms with van der Waals surface area (Å²) in [5.74, 6) is 0.348. The lowest BCUT2D eigenvalue weighted by Gasteiger charge is -2.03. The zero-order valence-corrected chi connectivity index (χ0v) is 14.0. The highest BCUT2D eigenvalue weighted by Gasteiger charge is 2.06. The van der Waals surface area contributed by atoms with Crippen molar-refractivity contribution in [3.8, 4) is 10.6 Å². The molecule has 0 spiro atoms. The van der Waals surface area contributed by atoms with Crippen LogP contribution in [0.5, 0.6) is 0 Å². The van der Waals surface area contributed by atoms with E-state index in [1.54, 1.807) is 22.7 Å². The number of rotatable bonds is 6. The molecule has 0 fully saturated rings. The van der Waals surface area contributed by atoms with Gasteiger partial charge in [0.05, 0.1) is 17.2 Å². The standard InChI is InChI=1S/C15H13N3OS3/c19-14(16-9-11-3-1-7-20-11)10-22-15-6-5-12(17-18-15)13-4-2-8-21-13/h1-8H,9-10H2,(H,16,19). The molecule has 0 aliphatic heterocycles. The summed E-state index contributed by atoms with van der Waals surface area (Å²) in [4.78, 5) is 14.0. The molecule has 0 radical (unpaired) electrons. The van der Waals surface area contributed by atoms with Gasteiger partial charge >= 0.3 is 0 Å². The van der Waals surface area contributed by atoms with E-state index in [-0.39, 0.29) is 5.91 Å². The Balaban J connectivity index is 1.48. The normalized spacial score (nSPS) is 10.5. The molecule has 0 aliphatic carbocycles. The van der Waals surface area contributed by atoms with Gasteiger partial charge in [0, 0.05) is 4.88 Å². The van der Waals surface area contributed by atoms with Crippen molar-refractivity contribution in [1.82, 2.24) is 15.5 Å². The quantitative estimate of drug-likeness (QED) is 0.691. The molecule has 0 atom stereocenters. The van der Waals surface area contributed by atoms with Crippen molar-refractivity contribution in [2.75, 3.05) is 5.75 Å². The molecular weight excluding hydrogens is 334 g/mol. The monoisotopic (exact) mass is 347 g/mol. The number of nitrogens with zero attached hydrogens (tertiary/aromatic N) is 2. The van der Waals surface area contributed by atoms with Crippen molar-refractivity contribution >= 4 is 40.3 Å². The molecule has 3 aromatic heterocycles. The third-order valence-electron chi connectivity index (χ3n) is 2.80. The van der Waals surface area contributed by atoms with E-state index >= 15 is 0 Å². The number of thioether (sulfide) groups is 1. The maximum absolute atomic E-state index is 11.8. The first-order valence-electron chi connectivity index (χ1n) is 6.61. The van der Waals surface area contributed by atoms with Gasteiger partial charge in [-0.05, 0) is 35.0 Å². The number of thiophene rings is 2. The molecule has 22 heavy (non-hydrogen) atoms. The molecule has 1 N–H and O–H groups in total. The van der Waals surface area contributed by atoms with E-state index in [2.05, 4.69) is 15.5 Å². The van der Waals surface area contributed by atoms with Crippen LogP contribution in [0.3, 0.4) is 0 Å². The number of hydrogen-bond acceptors (Lipinski definition) is 6. The Morgan fingerprint density at radius 2 is 1.95 bits per heavy atom. The summed E-state index contributed by atoms with van der Waals surface area (Å²) >= 11 is 4.66. The van der Waals surface area contributed by atoms with Crippen LogP contribution < -0.4 is 5.32 Å². The van der Waals surface area contributed by atoms with Crippen molar-refractivity contribution in [2.45, 2.75) is 11.6 Å². The van der Waals surface area contributed by atoms with Gasteiger partial charge in [-0.25, -0.2) is 0 Å². The minimum atomic E-state index is 0.00235. The molecule has 7 heteroatoms. The molecule has 3 heterocycles. The van der Waals surface area contributed by atoms with Crippen LogP contribution in [0.1, 0.15) is 4.88 Å². The first-order valence-corrected chi connectivity index (χ1v) is 9.35. The van der Waals surface area contributed by atoms with Crippen molar-refractivity contribution < 1.29 is 4.79 Å². The number of hydrogen-bond donors (Lipinski definition) is 1. The van der Waals surface area contributed by atoms with E-state index in [0.29, 0.717) is 12.3 Å². The number of amides is 1. The zero-order valence-electron chi connectivity index (χ0n) is 11.6. The second-order valence-corrected chi connectivity index (χ2v) is 7.35. The van der Waals surface area contributed by atoms with Gasteiger partial charge in [-0.1, -0.05) is 23.9 Å². The van der Waals surface area contributed by atoms with Crippen molar-refractivity contribution in [3.63, 3.8) is 0 Å². The number of carbonyl (C=O) groups excluding carboxylic acids is 1. The highest BCUT2D eigenvalue weighted by molar-refractivity contribution is 7.99. The lowest BCUT2D eigenvalue weighted by molar-refractivity contribution is -0.118. The molecular formula is C15H13N3OS3. The average molecular weight is 347 g/mol. The molecule has 1 amide bonds. The van der Waals surface area contributed by atoms with Gasteiger partial charge in [-0.2, -0.15) is 0 Å². The first kappa shape index (κ1) is 15.2. The molecule has 0 saturated carbocycles. The summed E-state index contributed by atoms with van der Waals surface area (Å²) in [5, 5.41) is 16.0. The average Bonchev–Trinajstić information content (AvgIpc) is 3.24. The fourth-order valence-electron chi connectivity index (χ4n) is 1.74. The number of carbonyl (C=O) groups is 1. The summed E-state index contributed by atoms with van der Waals surface area (Å²) in [6.07, 6.45) is 0. The molecule has 112 valence electrons. The van der Waals surface area contributed by atoms with E-state index in [9.17, 15) is 4.79 Å². The number of aromatic nitrogens is 2. The van der Waals surface area contributed by atoms with Gasteiger partial charge in [-0.3, -0.25) is 4.79 Å². The Morgan fingerprint density at radius 1 is 1.09 bits per heavy atom.